The molecule has 1 aromatic rings. The fourth-order valence-corrected chi connectivity index (χ4v) is 1.38. The lowest BCUT2D eigenvalue weighted by molar-refractivity contribution is 0.236. The number of nitrogens with zero attached hydrogens (tertiary/aromatic N) is 1. The van der Waals surface area contributed by atoms with Gasteiger partial charge in [0.1, 0.15) is 0 Å². The lowest BCUT2D eigenvalue weighted by Crippen LogP contribution is -1.96. The number of nitriles is 1. The van der Waals surface area contributed by atoms with Gasteiger partial charge in [-0.05, 0) is 23.5 Å². The van der Waals surface area contributed by atoms with Crippen molar-refractivity contribution in [3.63, 3.8) is 0 Å². The number of hydrogen-bond acceptors (Lipinski definition) is 2. The van der Waals surface area contributed by atoms with E-state index >= 15 is 0 Å². The predicted molar refractivity (Wildman–Crippen MR) is 55.6 cm³/mol. The highest BCUT2D eigenvalue weighted by Crippen LogP contribution is 2.14. The van der Waals surface area contributed by atoms with Crippen LogP contribution in [0.1, 0.15) is 31.1 Å². The Kier molecular flexibility index (Phi) is 3.67. The highest BCUT2D eigenvalue weighted by atomic mass is 16.3. The summed E-state index contributed by atoms with van der Waals surface area (Å²) in [5.41, 5.74) is 1.91. The van der Waals surface area contributed by atoms with Gasteiger partial charge in [-0.3, -0.25) is 0 Å². The van der Waals surface area contributed by atoms with Gasteiger partial charge in [0.2, 0.25) is 0 Å². The number of benzene rings is 1. The molecular weight excluding hydrogens is 174 g/mol. The third kappa shape index (κ3) is 2.86. The molecule has 1 rings (SSSR count). The van der Waals surface area contributed by atoms with Crippen LogP contribution in [0.4, 0.5) is 0 Å². The van der Waals surface area contributed by atoms with Crippen LogP contribution < -0.4 is 0 Å². The van der Waals surface area contributed by atoms with Gasteiger partial charge >= 0.3 is 0 Å². The highest BCUT2D eigenvalue weighted by molar-refractivity contribution is 5.26. The van der Waals surface area contributed by atoms with Gasteiger partial charge in [0, 0.05) is 0 Å². The Labute approximate surface area is 84.8 Å². The third-order valence-electron chi connectivity index (χ3n) is 2.06. The molecule has 1 aromatic carbocycles. The minimum Gasteiger partial charge on any atom is -0.374 e. The van der Waals surface area contributed by atoms with E-state index in [0.29, 0.717) is 11.5 Å². The first-order valence-electron chi connectivity index (χ1n) is 4.80. The largest absolute Gasteiger partial charge is 0.374 e. The van der Waals surface area contributed by atoms with Gasteiger partial charge < -0.3 is 5.11 Å². The van der Waals surface area contributed by atoms with Gasteiger partial charge in [0.25, 0.3) is 0 Å². The molecule has 2 nitrogen and oxygen atoms in total. The summed E-state index contributed by atoms with van der Waals surface area (Å²) in [6, 6.07) is 9.36. The molecule has 1 N–H and O–H groups in total. The van der Waals surface area contributed by atoms with Crippen molar-refractivity contribution in [2.75, 3.05) is 0 Å². The van der Waals surface area contributed by atoms with Crippen LogP contribution in [0, 0.1) is 17.2 Å². The Morgan fingerprint density at radius 3 is 2.29 bits per heavy atom. The minimum atomic E-state index is -0.997. The molecule has 0 aromatic heterocycles. The van der Waals surface area contributed by atoms with Crippen LogP contribution in [0.25, 0.3) is 0 Å². The monoisotopic (exact) mass is 189 g/mol. The molecule has 0 saturated heterocycles. The quantitative estimate of drug-likeness (QED) is 0.742. The van der Waals surface area contributed by atoms with Gasteiger partial charge in [-0.2, -0.15) is 5.26 Å². The summed E-state index contributed by atoms with van der Waals surface area (Å²) in [6.07, 6.45) is 0.0336. The van der Waals surface area contributed by atoms with E-state index in [2.05, 4.69) is 13.8 Å². The Hall–Kier alpha value is -1.33. The summed E-state index contributed by atoms with van der Waals surface area (Å²) in [6.45, 7) is 4.33. The van der Waals surface area contributed by atoms with Gasteiger partial charge in [-0.25, -0.2) is 0 Å². The molecule has 2 heteroatoms. The normalized spacial score (nSPS) is 12.5. The number of aliphatic hydroxyl groups is 1. The lowest BCUT2D eigenvalue weighted by Gasteiger charge is -2.06. The summed E-state index contributed by atoms with van der Waals surface area (Å²) >= 11 is 0. The van der Waals surface area contributed by atoms with Gasteiger partial charge in [-0.1, -0.05) is 38.1 Å². The van der Waals surface area contributed by atoms with Crippen molar-refractivity contribution >= 4 is 0 Å². The Balaban J connectivity index is 2.74. The van der Waals surface area contributed by atoms with E-state index in [0.717, 1.165) is 6.42 Å². The second-order valence-corrected chi connectivity index (χ2v) is 3.87. The maximum Gasteiger partial charge on any atom is 0.165 e. The summed E-state index contributed by atoms with van der Waals surface area (Å²) in [5, 5.41) is 17.7. The van der Waals surface area contributed by atoms with Crippen molar-refractivity contribution in [2.24, 2.45) is 5.92 Å². The van der Waals surface area contributed by atoms with E-state index in [9.17, 15) is 5.11 Å². The van der Waals surface area contributed by atoms with E-state index in [1.54, 1.807) is 6.07 Å². The Morgan fingerprint density at radius 1 is 1.29 bits per heavy atom. The van der Waals surface area contributed by atoms with Crippen LogP contribution in [0.15, 0.2) is 24.3 Å². The molecule has 0 aliphatic carbocycles. The number of rotatable bonds is 3. The van der Waals surface area contributed by atoms with Crippen molar-refractivity contribution in [1.29, 1.82) is 5.26 Å². The molecule has 0 spiro atoms. The maximum atomic E-state index is 9.24. The molecular formula is C12H15NO. The average molecular weight is 189 g/mol. The molecule has 0 bridgehead atoms. The Bertz CT molecular complexity index is 321. The lowest BCUT2D eigenvalue weighted by atomic mass is 10.0. The van der Waals surface area contributed by atoms with Crippen LogP contribution in [-0.2, 0) is 6.42 Å². The third-order valence-corrected chi connectivity index (χ3v) is 2.06. The second-order valence-electron chi connectivity index (χ2n) is 3.87. The first-order chi connectivity index (χ1) is 6.63. The molecule has 14 heavy (non-hydrogen) atoms. The van der Waals surface area contributed by atoms with Crippen LogP contribution in [-0.4, -0.2) is 5.11 Å². The summed E-state index contributed by atoms with van der Waals surface area (Å²) in [7, 11) is 0. The molecule has 1 atom stereocenters. The van der Waals surface area contributed by atoms with E-state index in [1.165, 1.54) is 5.56 Å². The van der Waals surface area contributed by atoms with Crippen LogP contribution in [0.2, 0.25) is 0 Å². The van der Waals surface area contributed by atoms with Crippen LogP contribution in [0.5, 0.6) is 0 Å². The second kappa shape index (κ2) is 4.78. The number of aliphatic hydroxyl groups excluding tert-OH is 1. The minimum absolute atomic E-state index is 0.627. The van der Waals surface area contributed by atoms with Crippen molar-refractivity contribution in [3.05, 3.63) is 35.4 Å². The van der Waals surface area contributed by atoms with E-state index in [1.807, 2.05) is 24.3 Å². The molecule has 0 heterocycles. The SMILES string of the molecule is CC(C)Cc1ccc(C(O)C#N)cc1. The summed E-state index contributed by atoms with van der Waals surface area (Å²) in [4.78, 5) is 0. The van der Waals surface area contributed by atoms with Crippen molar-refractivity contribution < 1.29 is 5.11 Å². The van der Waals surface area contributed by atoms with E-state index < -0.39 is 6.10 Å². The first-order valence-corrected chi connectivity index (χ1v) is 4.80. The highest BCUT2D eigenvalue weighted by Gasteiger charge is 2.05. The molecule has 74 valence electrons. The fraction of sp³-hybridized carbons (Fsp3) is 0.417. The smallest absolute Gasteiger partial charge is 0.165 e. The standard InChI is InChI=1S/C12H15NO/c1-9(2)7-10-3-5-11(6-4-10)12(14)8-13/h3-6,9,12,14H,7H2,1-2H3. The zero-order valence-electron chi connectivity index (χ0n) is 8.57. The summed E-state index contributed by atoms with van der Waals surface area (Å²) in [5.74, 6) is 0.627. The van der Waals surface area contributed by atoms with Gasteiger partial charge in [0.05, 0.1) is 6.07 Å². The molecule has 0 fully saturated rings. The maximum absolute atomic E-state index is 9.24. The molecule has 0 aliphatic heterocycles. The van der Waals surface area contributed by atoms with Crippen LogP contribution in [0.3, 0.4) is 0 Å². The Morgan fingerprint density at radius 2 is 1.86 bits per heavy atom. The van der Waals surface area contributed by atoms with E-state index in [4.69, 9.17) is 5.26 Å². The van der Waals surface area contributed by atoms with Crippen molar-refractivity contribution in [3.8, 4) is 6.07 Å². The molecule has 0 radical (unpaired) electrons. The zero-order chi connectivity index (χ0) is 10.6. The van der Waals surface area contributed by atoms with Crippen molar-refractivity contribution in [2.45, 2.75) is 26.4 Å². The first kappa shape index (κ1) is 10.7. The van der Waals surface area contributed by atoms with Crippen molar-refractivity contribution in [1.82, 2.24) is 0 Å². The zero-order valence-corrected chi connectivity index (χ0v) is 8.57. The predicted octanol–water partition coefficient (Wildman–Crippen LogP) is 2.44. The molecule has 0 amide bonds. The molecule has 1 unspecified atom stereocenters. The topological polar surface area (TPSA) is 44.0 Å². The summed E-state index contributed by atoms with van der Waals surface area (Å²) < 4.78 is 0. The molecule has 0 aliphatic rings. The number of hydrogen-bond donors (Lipinski definition) is 1. The average Bonchev–Trinajstić information content (AvgIpc) is 2.17. The van der Waals surface area contributed by atoms with Gasteiger partial charge in [0.15, 0.2) is 6.10 Å². The van der Waals surface area contributed by atoms with Gasteiger partial charge in [-0.15, -0.1) is 0 Å². The van der Waals surface area contributed by atoms with Crippen LogP contribution >= 0.6 is 0 Å². The fourth-order valence-electron chi connectivity index (χ4n) is 1.38. The molecule has 0 saturated carbocycles. The van der Waals surface area contributed by atoms with E-state index in [-0.39, 0.29) is 0 Å².